The van der Waals surface area contributed by atoms with E-state index in [1.54, 1.807) is 0 Å². The fourth-order valence-electron chi connectivity index (χ4n) is 3.92. The summed E-state index contributed by atoms with van der Waals surface area (Å²) in [4.78, 5) is 19.6. The fourth-order valence-corrected chi connectivity index (χ4v) is 3.92. The SMILES string of the molecule is Cc1c(NC(=O)c2ccc(CN3CCCCC3)cn2)cccc1-c1ccccc1. The van der Waals surface area contributed by atoms with Crippen molar-refractivity contribution < 1.29 is 4.79 Å². The molecule has 148 valence electrons. The van der Waals surface area contributed by atoms with Gasteiger partial charge in [0, 0.05) is 18.4 Å². The lowest BCUT2D eigenvalue weighted by atomic mass is 9.99. The number of piperidine rings is 1. The summed E-state index contributed by atoms with van der Waals surface area (Å²) in [5, 5.41) is 3.03. The van der Waals surface area contributed by atoms with Crippen LogP contribution >= 0.6 is 0 Å². The molecule has 3 aromatic rings. The van der Waals surface area contributed by atoms with Crippen molar-refractivity contribution in [2.75, 3.05) is 18.4 Å². The van der Waals surface area contributed by atoms with Crippen molar-refractivity contribution >= 4 is 11.6 Å². The van der Waals surface area contributed by atoms with Crippen LogP contribution < -0.4 is 5.32 Å². The average molecular weight is 386 g/mol. The highest BCUT2D eigenvalue weighted by Gasteiger charge is 2.13. The van der Waals surface area contributed by atoms with Crippen LogP contribution in [0.15, 0.2) is 66.9 Å². The maximum Gasteiger partial charge on any atom is 0.274 e. The van der Waals surface area contributed by atoms with E-state index >= 15 is 0 Å². The standard InChI is InChI=1S/C25H27N3O/c1-19-22(21-9-4-2-5-10-21)11-8-12-23(19)27-25(29)24-14-13-20(17-26-24)18-28-15-6-3-7-16-28/h2,4-5,8-14,17H,3,6-7,15-16,18H2,1H3,(H,27,29). The van der Waals surface area contributed by atoms with Crippen LogP contribution in [0.1, 0.15) is 40.9 Å². The largest absolute Gasteiger partial charge is 0.320 e. The van der Waals surface area contributed by atoms with Crippen LogP contribution in [0.25, 0.3) is 11.1 Å². The van der Waals surface area contributed by atoms with Gasteiger partial charge in [0.05, 0.1) is 0 Å². The van der Waals surface area contributed by atoms with Crippen molar-refractivity contribution in [3.8, 4) is 11.1 Å². The zero-order chi connectivity index (χ0) is 20.1. The molecule has 1 aromatic heterocycles. The minimum absolute atomic E-state index is 0.178. The van der Waals surface area contributed by atoms with Gasteiger partial charge in [-0.1, -0.05) is 55.0 Å². The van der Waals surface area contributed by atoms with Crippen molar-refractivity contribution in [1.29, 1.82) is 0 Å². The molecule has 0 atom stereocenters. The lowest BCUT2D eigenvalue weighted by Crippen LogP contribution is -2.29. The molecule has 1 N–H and O–H groups in total. The van der Waals surface area contributed by atoms with Gasteiger partial charge in [0.2, 0.25) is 0 Å². The van der Waals surface area contributed by atoms with Gasteiger partial charge in [-0.05, 0) is 67.2 Å². The Morgan fingerprint density at radius 2 is 1.76 bits per heavy atom. The van der Waals surface area contributed by atoms with Gasteiger partial charge in [0.25, 0.3) is 5.91 Å². The van der Waals surface area contributed by atoms with Crippen molar-refractivity contribution in [3.05, 3.63) is 83.7 Å². The highest BCUT2D eigenvalue weighted by molar-refractivity contribution is 6.03. The Morgan fingerprint density at radius 3 is 2.48 bits per heavy atom. The Hall–Kier alpha value is -2.98. The highest BCUT2D eigenvalue weighted by Crippen LogP contribution is 2.28. The number of amides is 1. The van der Waals surface area contributed by atoms with Gasteiger partial charge < -0.3 is 5.32 Å². The molecule has 4 nitrogen and oxygen atoms in total. The molecule has 0 bridgehead atoms. The summed E-state index contributed by atoms with van der Waals surface area (Å²) in [6, 6.07) is 20.0. The second-order valence-electron chi connectivity index (χ2n) is 7.69. The molecule has 4 rings (SSSR count). The lowest BCUT2D eigenvalue weighted by Gasteiger charge is -2.26. The molecule has 4 heteroatoms. The van der Waals surface area contributed by atoms with Crippen molar-refractivity contribution in [1.82, 2.24) is 9.88 Å². The van der Waals surface area contributed by atoms with Gasteiger partial charge in [-0.25, -0.2) is 0 Å². The molecule has 2 aromatic carbocycles. The monoisotopic (exact) mass is 385 g/mol. The Balaban J connectivity index is 1.45. The summed E-state index contributed by atoms with van der Waals surface area (Å²) in [6.45, 7) is 5.25. The Morgan fingerprint density at radius 1 is 0.966 bits per heavy atom. The second-order valence-corrected chi connectivity index (χ2v) is 7.69. The summed E-state index contributed by atoms with van der Waals surface area (Å²) in [5.74, 6) is -0.178. The van der Waals surface area contributed by atoms with Gasteiger partial charge in [0.15, 0.2) is 0 Å². The molecule has 0 unspecified atom stereocenters. The number of hydrogen-bond donors (Lipinski definition) is 1. The Labute approximate surface area is 172 Å². The van der Waals surface area contributed by atoms with Crippen LogP contribution in [0.4, 0.5) is 5.69 Å². The lowest BCUT2D eigenvalue weighted by molar-refractivity contribution is 0.102. The van der Waals surface area contributed by atoms with Crippen LogP contribution in [-0.2, 0) is 6.54 Å². The third-order valence-corrected chi connectivity index (χ3v) is 5.58. The molecular weight excluding hydrogens is 358 g/mol. The number of rotatable bonds is 5. The molecule has 1 aliphatic heterocycles. The number of pyridine rings is 1. The molecule has 0 saturated carbocycles. The Kier molecular flexibility index (Phi) is 6.01. The van der Waals surface area contributed by atoms with E-state index in [4.69, 9.17) is 0 Å². The van der Waals surface area contributed by atoms with E-state index < -0.39 is 0 Å². The minimum atomic E-state index is -0.178. The predicted octanol–water partition coefficient (Wildman–Crippen LogP) is 5.30. The van der Waals surface area contributed by atoms with E-state index in [1.807, 2.05) is 55.6 Å². The Bertz CT molecular complexity index is 961. The van der Waals surface area contributed by atoms with E-state index in [-0.39, 0.29) is 5.91 Å². The first-order chi connectivity index (χ1) is 14.2. The number of anilines is 1. The van der Waals surface area contributed by atoms with Gasteiger partial charge in [0.1, 0.15) is 5.69 Å². The number of carbonyl (C=O) groups excluding carboxylic acids is 1. The van der Waals surface area contributed by atoms with Crippen molar-refractivity contribution in [2.45, 2.75) is 32.7 Å². The second kappa shape index (κ2) is 9.01. The van der Waals surface area contributed by atoms with Gasteiger partial charge in [-0.15, -0.1) is 0 Å². The highest BCUT2D eigenvalue weighted by atomic mass is 16.1. The van der Waals surface area contributed by atoms with Crippen LogP contribution in [-0.4, -0.2) is 28.9 Å². The third-order valence-electron chi connectivity index (χ3n) is 5.58. The predicted molar refractivity (Wildman–Crippen MR) is 118 cm³/mol. The van der Waals surface area contributed by atoms with Crippen LogP contribution in [0.5, 0.6) is 0 Å². The van der Waals surface area contributed by atoms with E-state index in [9.17, 15) is 4.79 Å². The molecule has 1 amide bonds. The molecule has 2 heterocycles. The van der Waals surface area contributed by atoms with Crippen molar-refractivity contribution in [3.63, 3.8) is 0 Å². The van der Waals surface area contributed by atoms with Gasteiger partial charge in [-0.2, -0.15) is 0 Å². The topological polar surface area (TPSA) is 45.2 Å². The minimum Gasteiger partial charge on any atom is -0.320 e. The third kappa shape index (κ3) is 4.72. The number of nitrogens with zero attached hydrogens (tertiary/aromatic N) is 2. The molecule has 0 aliphatic carbocycles. The summed E-state index contributed by atoms with van der Waals surface area (Å²) in [6.07, 6.45) is 5.71. The van der Waals surface area contributed by atoms with E-state index in [1.165, 1.54) is 19.3 Å². The van der Waals surface area contributed by atoms with Gasteiger partial charge in [-0.3, -0.25) is 14.7 Å². The molecule has 1 aliphatic rings. The zero-order valence-corrected chi connectivity index (χ0v) is 16.9. The number of hydrogen-bond acceptors (Lipinski definition) is 3. The van der Waals surface area contributed by atoms with Crippen LogP contribution in [0.2, 0.25) is 0 Å². The maximum absolute atomic E-state index is 12.7. The average Bonchev–Trinajstić information content (AvgIpc) is 2.77. The number of likely N-dealkylation sites (tertiary alicyclic amines) is 1. The number of nitrogens with one attached hydrogen (secondary N) is 1. The zero-order valence-electron chi connectivity index (χ0n) is 16.9. The smallest absolute Gasteiger partial charge is 0.274 e. The number of carbonyl (C=O) groups is 1. The molecule has 0 radical (unpaired) electrons. The van der Waals surface area contributed by atoms with E-state index in [2.05, 4.69) is 33.4 Å². The van der Waals surface area contributed by atoms with Gasteiger partial charge >= 0.3 is 0 Å². The van der Waals surface area contributed by atoms with E-state index in [0.717, 1.165) is 47.6 Å². The first kappa shape index (κ1) is 19.3. The molecule has 29 heavy (non-hydrogen) atoms. The maximum atomic E-state index is 12.7. The first-order valence-electron chi connectivity index (χ1n) is 10.3. The van der Waals surface area contributed by atoms with Crippen LogP contribution in [0.3, 0.4) is 0 Å². The molecule has 1 saturated heterocycles. The summed E-state index contributed by atoms with van der Waals surface area (Å²) >= 11 is 0. The molecule has 0 spiro atoms. The molecule has 1 fully saturated rings. The van der Waals surface area contributed by atoms with E-state index in [0.29, 0.717) is 5.69 Å². The summed E-state index contributed by atoms with van der Waals surface area (Å²) in [7, 11) is 0. The summed E-state index contributed by atoms with van der Waals surface area (Å²) in [5.41, 5.74) is 5.72. The fraction of sp³-hybridized carbons (Fsp3) is 0.280. The van der Waals surface area contributed by atoms with Crippen LogP contribution in [0, 0.1) is 6.92 Å². The number of benzene rings is 2. The summed E-state index contributed by atoms with van der Waals surface area (Å²) < 4.78 is 0. The first-order valence-corrected chi connectivity index (χ1v) is 10.3. The molecular formula is C25H27N3O. The van der Waals surface area contributed by atoms with Crippen molar-refractivity contribution in [2.24, 2.45) is 0 Å². The number of aromatic nitrogens is 1. The quantitative estimate of drug-likeness (QED) is 0.649. The normalized spacial score (nSPS) is 14.5.